The van der Waals surface area contributed by atoms with Crippen molar-refractivity contribution in [1.29, 1.82) is 0 Å². The summed E-state index contributed by atoms with van der Waals surface area (Å²) in [5.41, 5.74) is 1.11. The zero-order valence-electron chi connectivity index (χ0n) is 15.1. The van der Waals surface area contributed by atoms with Gasteiger partial charge in [-0.1, -0.05) is 48.9 Å². The van der Waals surface area contributed by atoms with Crippen molar-refractivity contribution < 1.29 is 22.1 Å². The van der Waals surface area contributed by atoms with Gasteiger partial charge in [-0.2, -0.15) is 8.42 Å². The highest BCUT2D eigenvalue weighted by molar-refractivity contribution is 7.86. The van der Waals surface area contributed by atoms with Gasteiger partial charge in [0.25, 0.3) is 10.1 Å². The molecule has 0 spiro atoms. The number of aryl methyl sites for hydroxylation is 1. The number of carbonyl (C=O) groups excluding carboxylic acids is 1. The van der Waals surface area contributed by atoms with Crippen LogP contribution in [0.2, 0.25) is 5.02 Å². The Labute approximate surface area is 165 Å². The number of ether oxygens (including phenoxy) is 1. The zero-order chi connectivity index (χ0) is 19.7. The number of hydrogen-bond acceptors (Lipinski definition) is 5. The fraction of sp³-hybridized carbons (Fsp3) is 0.350. The quantitative estimate of drug-likeness (QED) is 0.429. The molecule has 2 aromatic carbocycles. The van der Waals surface area contributed by atoms with Crippen LogP contribution >= 0.6 is 11.6 Å². The first-order valence-electron chi connectivity index (χ1n) is 8.82. The predicted octanol–water partition coefficient (Wildman–Crippen LogP) is 4.39. The highest BCUT2D eigenvalue weighted by Gasteiger charge is 2.28. The Hall–Kier alpha value is -1.89. The van der Waals surface area contributed by atoms with E-state index in [1.165, 1.54) is 24.3 Å². The van der Waals surface area contributed by atoms with Crippen LogP contribution in [0.3, 0.4) is 0 Å². The molecule has 0 unspecified atom stereocenters. The monoisotopic (exact) mass is 410 g/mol. The summed E-state index contributed by atoms with van der Waals surface area (Å²) in [7, 11) is -4.10. The van der Waals surface area contributed by atoms with E-state index in [9.17, 15) is 13.2 Å². The first-order valence-corrected chi connectivity index (χ1v) is 10.6. The fourth-order valence-electron chi connectivity index (χ4n) is 2.45. The van der Waals surface area contributed by atoms with E-state index in [1.807, 2.05) is 37.3 Å². The number of halogens is 1. The van der Waals surface area contributed by atoms with E-state index >= 15 is 0 Å². The summed E-state index contributed by atoms with van der Waals surface area (Å²) >= 11 is 5.79. The van der Waals surface area contributed by atoms with E-state index < -0.39 is 22.2 Å². The van der Waals surface area contributed by atoms with E-state index in [1.54, 1.807) is 0 Å². The van der Waals surface area contributed by atoms with Crippen LogP contribution in [0.4, 0.5) is 0 Å². The minimum absolute atomic E-state index is 0.0525. The molecule has 0 saturated heterocycles. The van der Waals surface area contributed by atoms with Crippen molar-refractivity contribution in [2.24, 2.45) is 0 Å². The molecule has 0 aromatic heterocycles. The average molecular weight is 411 g/mol. The maximum Gasteiger partial charge on any atom is 0.336 e. The lowest BCUT2D eigenvalue weighted by atomic mass is 10.1. The van der Waals surface area contributed by atoms with E-state index in [0.29, 0.717) is 24.3 Å². The molecule has 0 N–H and O–H groups in total. The molecule has 0 saturated carbocycles. The fourth-order valence-corrected chi connectivity index (χ4v) is 3.63. The lowest BCUT2D eigenvalue weighted by molar-refractivity contribution is -0.152. The summed E-state index contributed by atoms with van der Waals surface area (Å²) in [6.07, 6.45) is 1.01. The molecule has 1 atom stereocenters. The maximum absolute atomic E-state index is 12.5. The molecule has 0 aliphatic rings. The Kier molecular flexibility index (Phi) is 8.28. The summed E-state index contributed by atoms with van der Waals surface area (Å²) in [4.78, 5) is 12.2. The lowest BCUT2D eigenvalue weighted by Crippen LogP contribution is -2.29. The highest BCUT2D eigenvalue weighted by Crippen LogP contribution is 2.20. The molecule has 0 aliphatic carbocycles. The first-order chi connectivity index (χ1) is 12.9. The second-order valence-corrected chi connectivity index (χ2v) is 8.05. The molecule has 146 valence electrons. The SMILES string of the molecule is CCCOC(=O)[C@@H](CCCc1ccccc1)OS(=O)(=O)c1ccc(Cl)cc1. The molecule has 7 heteroatoms. The van der Waals surface area contributed by atoms with Gasteiger partial charge in [0, 0.05) is 5.02 Å². The zero-order valence-corrected chi connectivity index (χ0v) is 16.7. The third kappa shape index (κ3) is 6.97. The van der Waals surface area contributed by atoms with E-state index in [0.717, 1.165) is 5.56 Å². The molecule has 0 heterocycles. The molecule has 2 aromatic rings. The Bertz CT molecular complexity index is 819. The molecule has 0 amide bonds. The summed E-state index contributed by atoms with van der Waals surface area (Å²) in [6.45, 7) is 2.08. The molecule has 27 heavy (non-hydrogen) atoms. The van der Waals surface area contributed by atoms with Gasteiger partial charge in [-0.25, -0.2) is 4.79 Å². The average Bonchev–Trinajstić information content (AvgIpc) is 2.66. The molecular formula is C20H23ClO5S. The minimum atomic E-state index is -4.10. The van der Waals surface area contributed by atoms with Crippen molar-refractivity contribution >= 4 is 27.7 Å². The van der Waals surface area contributed by atoms with Gasteiger partial charge in [0.1, 0.15) is 0 Å². The molecule has 0 bridgehead atoms. The Balaban J connectivity index is 2.06. The van der Waals surface area contributed by atoms with E-state index in [-0.39, 0.29) is 17.9 Å². The Morgan fingerprint density at radius 2 is 1.74 bits per heavy atom. The van der Waals surface area contributed by atoms with Gasteiger partial charge in [-0.3, -0.25) is 4.18 Å². The van der Waals surface area contributed by atoms with Gasteiger partial charge in [-0.15, -0.1) is 0 Å². The molecule has 2 rings (SSSR count). The van der Waals surface area contributed by atoms with Crippen molar-refractivity contribution in [2.45, 2.75) is 43.6 Å². The summed E-state index contributed by atoms with van der Waals surface area (Å²) in [6, 6.07) is 15.4. The second-order valence-electron chi connectivity index (χ2n) is 6.04. The number of esters is 1. The lowest BCUT2D eigenvalue weighted by Gasteiger charge is -2.16. The van der Waals surface area contributed by atoms with Crippen molar-refractivity contribution in [1.82, 2.24) is 0 Å². The molecule has 0 fully saturated rings. The summed E-state index contributed by atoms with van der Waals surface area (Å²) in [5.74, 6) is -0.664. The summed E-state index contributed by atoms with van der Waals surface area (Å²) in [5, 5.41) is 0.413. The van der Waals surface area contributed by atoms with E-state index in [4.69, 9.17) is 20.5 Å². The molecule has 5 nitrogen and oxygen atoms in total. The second kappa shape index (κ2) is 10.4. The van der Waals surface area contributed by atoms with Crippen molar-refractivity contribution in [3.05, 3.63) is 65.2 Å². The van der Waals surface area contributed by atoms with Crippen LogP contribution in [0, 0.1) is 0 Å². The van der Waals surface area contributed by atoms with Gasteiger partial charge in [0.15, 0.2) is 6.10 Å². The minimum Gasteiger partial charge on any atom is -0.464 e. The van der Waals surface area contributed by atoms with Crippen LogP contribution in [-0.2, 0) is 30.3 Å². The molecular weight excluding hydrogens is 388 g/mol. The third-order valence-corrected chi connectivity index (χ3v) is 5.42. The van der Waals surface area contributed by atoms with Crippen LogP contribution in [0.1, 0.15) is 31.7 Å². The largest absolute Gasteiger partial charge is 0.464 e. The van der Waals surface area contributed by atoms with Gasteiger partial charge < -0.3 is 4.74 Å². The Morgan fingerprint density at radius 3 is 2.37 bits per heavy atom. The number of carbonyl (C=O) groups is 1. The maximum atomic E-state index is 12.5. The van der Waals surface area contributed by atoms with Crippen molar-refractivity contribution in [3.8, 4) is 0 Å². The predicted molar refractivity (Wildman–Crippen MR) is 104 cm³/mol. The highest BCUT2D eigenvalue weighted by atomic mass is 35.5. The van der Waals surface area contributed by atoms with Gasteiger partial charge in [-0.05, 0) is 55.5 Å². The van der Waals surface area contributed by atoms with Crippen LogP contribution in [0.25, 0.3) is 0 Å². The summed E-state index contributed by atoms with van der Waals surface area (Å²) < 4.78 is 35.3. The topological polar surface area (TPSA) is 69.7 Å². The molecule has 0 radical (unpaired) electrons. The van der Waals surface area contributed by atoms with Crippen LogP contribution in [0.15, 0.2) is 59.5 Å². The van der Waals surface area contributed by atoms with Crippen LogP contribution < -0.4 is 0 Å². The standard InChI is InChI=1S/C20H23ClO5S/c1-2-15-25-20(22)19(10-6-9-16-7-4-3-5-8-16)26-27(23,24)18-13-11-17(21)12-14-18/h3-5,7-8,11-14,19H,2,6,9-10,15H2,1H3/t19-/m1/s1. The van der Waals surface area contributed by atoms with Gasteiger partial charge in [0.2, 0.25) is 0 Å². The first kappa shape index (κ1) is 21.4. The van der Waals surface area contributed by atoms with E-state index in [2.05, 4.69) is 0 Å². The van der Waals surface area contributed by atoms with Gasteiger partial charge >= 0.3 is 5.97 Å². The number of benzene rings is 2. The van der Waals surface area contributed by atoms with Crippen molar-refractivity contribution in [2.75, 3.05) is 6.61 Å². The smallest absolute Gasteiger partial charge is 0.336 e. The number of hydrogen-bond donors (Lipinski definition) is 0. The van der Waals surface area contributed by atoms with Crippen molar-refractivity contribution in [3.63, 3.8) is 0 Å². The molecule has 0 aliphatic heterocycles. The third-order valence-electron chi connectivity index (χ3n) is 3.83. The Morgan fingerprint density at radius 1 is 1.07 bits per heavy atom. The van der Waals surface area contributed by atoms with Crippen LogP contribution in [-0.4, -0.2) is 27.1 Å². The van der Waals surface area contributed by atoms with Crippen LogP contribution in [0.5, 0.6) is 0 Å². The normalized spacial score (nSPS) is 12.5. The number of rotatable bonds is 10. The van der Waals surface area contributed by atoms with Gasteiger partial charge in [0.05, 0.1) is 11.5 Å².